The van der Waals surface area contributed by atoms with E-state index in [-0.39, 0.29) is 5.91 Å². The number of hydrogen-bond acceptors (Lipinski definition) is 5. The fourth-order valence-corrected chi connectivity index (χ4v) is 3.36. The molecule has 2 heterocycles. The van der Waals surface area contributed by atoms with Gasteiger partial charge in [-0.1, -0.05) is 29.5 Å². The zero-order chi connectivity index (χ0) is 14.7. The molecule has 2 aromatic rings. The van der Waals surface area contributed by atoms with E-state index in [2.05, 4.69) is 15.5 Å². The van der Waals surface area contributed by atoms with Crippen LogP contribution in [0.1, 0.15) is 34.3 Å². The first kappa shape index (κ1) is 14.0. The van der Waals surface area contributed by atoms with Crippen LogP contribution in [0.25, 0.3) is 0 Å². The van der Waals surface area contributed by atoms with Crippen molar-refractivity contribution >= 4 is 22.4 Å². The van der Waals surface area contributed by atoms with Crippen molar-refractivity contribution in [3.63, 3.8) is 0 Å². The van der Waals surface area contributed by atoms with Gasteiger partial charge in [0.05, 0.1) is 6.54 Å². The lowest BCUT2D eigenvalue weighted by Crippen LogP contribution is -2.30. The summed E-state index contributed by atoms with van der Waals surface area (Å²) in [5, 5.41) is 13.1. The van der Waals surface area contributed by atoms with E-state index in [1.54, 1.807) is 0 Å². The van der Waals surface area contributed by atoms with Crippen LogP contribution < -0.4 is 5.32 Å². The average molecular weight is 302 g/mol. The predicted molar refractivity (Wildman–Crippen MR) is 83.6 cm³/mol. The van der Waals surface area contributed by atoms with Crippen LogP contribution in [0.4, 0.5) is 5.13 Å². The van der Waals surface area contributed by atoms with Crippen molar-refractivity contribution in [2.24, 2.45) is 0 Å². The van der Waals surface area contributed by atoms with Gasteiger partial charge in [-0.15, -0.1) is 10.2 Å². The second-order valence-corrected chi connectivity index (χ2v) is 6.08. The molecule has 0 saturated heterocycles. The molecule has 0 bridgehead atoms. The van der Waals surface area contributed by atoms with Crippen molar-refractivity contribution in [2.75, 3.05) is 18.4 Å². The van der Waals surface area contributed by atoms with E-state index < -0.39 is 0 Å². The molecule has 6 heteroatoms. The molecule has 0 spiro atoms. The number of benzene rings is 1. The number of nitrogens with zero attached hydrogens (tertiary/aromatic N) is 3. The zero-order valence-electron chi connectivity index (χ0n) is 12.0. The maximum atomic E-state index is 12.6. The van der Waals surface area contributed by atoms with E-state index in [4.69, 9.17) is 0 Å². The highest BCUT2D eigenvalue weighted by atomic mass is 32.1. The number of carbonyl (C=O) groups excluding carboxylic acids is 1. The Balaban J connectivity index is 1.77. The summed E-state index contributed by atoms with van der Waals surface area (Å²) in [5.41, 5.74) is 1.97. The van der Waals surface area contributed by atoms with Crippen LogP contribution in [0.2, 0.25) is 0 Å². The number of nitrogens with one attached hydrogen (secondary N) is 1. The number of amides is 1. The van der Waals surface area contributed by atoms with Gasteiger partial charge in [0.1, 0.15) is 5.01 Å². The van der Waals surface area contributed by atoms with Gasteiger partial charge in [-0.3, -0.25) is 4.79 Å². The van der Waals surface area contributed by atoms with Crippen molar-refractivity contribution in [1.82, 2.24) is 15.1 Å². The number of aromatic nitrogens is 2. The van der Waals surface area contributed by atoms with Crippen molar-refractivity contribution < 1.29 is 4.79 Å². The molecular weight excluding hydrogens is 284 g/mol. The fraction of sp³-hybridized carbons (Fsp3) is 0.400. The Morgan fingerprint density at radius 2 is 2.19 bits per heavy atom. The molecule has 21 heavy (non-hydrogen) atoms. The second kappa shape index (κ2) is 6.22. The number of fused-ring (bicyclic) bond motifs is 1. The number of aryl methyl sites for hydroxylation is 1. The highest BCUT2D eigenvalue weighted by Crippen LogP contribution is 2.22. The molecule has 110 valence electrons. The summed E-state index contributed by atoms with van der Waals surface area (Å²) >= 11 is 1.51. The third-order valence-electron chi connectivity index (χ3n) is 3.53. The van der Waals surface area contributed by atoms with Crippen LogP contribution >= 0.6 is 11.3 Å². The highest BCUT2D eigenvalue weighted by molar-refractivity contribution is 7.15. The molecule has 1 aliphatic heterocycles. The topological polar surface area (TPSA) is 58.1 Å². The quantitative estimate of drug-likeness (QED) is 0.943. The first-order valence-corrected chi connectivity index (χ1v) is 8.03. The average Bonchev–Trinajstić information content (AvgIpc) is 2.87. The highest BCUT2D eigenvalue weighted by Gasteiger charge is 2.23. The van der Waals surface area contributed by atoms with Crippen LogP contribution in [0.15, 0.2) is 24.3 Å². The van der Waals surface area contributed by atoms with Gasteiger partial charge in [0.2, 0.25) is 5.13 Å². The Morgan fingerprint density at radius 3 is 3.05 bits per heavy atom. The number of hydrogen-bond donors (Lipinski definition) is 1. The van der Waals surface area contributed by atoms with E-state index in [1.165, 1.54) is 11.3 Å². The summed E-state index contributed by atoms with van der Waals surface area (Å²) in [6.45, 7) is 4.15. The molecule has 0 aliphatic carbocycles. The number of rotatable bonds is 4. The minimum absolute atomic E-state index is 0.100. The van der Waals surface area contributed by atoms with Crippen LogP contribution in [-0.4, -0.2) is 34.1 Å². The molecule has 1 amide bonds. The third-order valence-corrected chi connectivity index (χ3v) is 4.40. The standard InChI is InChI=1S/C15H18N4OS/c1-2-16-15-18-17-13(21-15)10-19-9-5-7-11-6-3-4-8-12(11)14(19)20/h3-4,6,8H,2,5,7,9-10H2,1H3,(H,16,18). The molecule has 3 rings (SSSR count). The molecule has 1 aliphatic rings. The van der Waals surface area contributed by atoms with Gasteiger partial charge in [0.25, 0.3) is 5.91 Å². The van der Waals surface area contributed by atoms with E-state index in [0.29, 0.717) is 6.54 Å². The first-order valence-electron chi connectivity index (χ1n) is 7.21. The Bertz CT molecular complexity index is 640. The summed E-state index contributed by atoms with van der Waals surface area (Å²) in [7, 11) is 0. The van der Waals surface area contributed by atoms with Gasteiger partial charge in [0, 0.05) is 18.7 Å². The SMILES string of the molecule is CCNc1nnc(CN2CCCc3ccccc3C2=O)s1. The second-order valence-electron chi connectivity index (χ2n) is 5.02. The van der Waals surface area contributed by atoms with Gasteiger partial charge in [-0.05, 0) is 31.4 Å². The molecule has 0 radical (unpaired) electrons. The van der Waals surface area contributed by atoms with Crippen LogP contribution in [0.3, 0.4) is 0 Å². The van der Waals surface area contributed by atoms with Crippen LogP contribution in [-0.2, 0) is 13.0 Å². The van der Waals surface area contributed by atoms with Gasteiger partial charge in [-0.2, -0.15) is 0 Å². The monoisotopic (exact) mass is 302 g/mol. The molecule has 1 aromatic heterocycles. The zero-order valence-corrected chi connectivity index (χ0v) is 12.8. The molecular formula is C15H18N4OS. The maximum Gasteiger partial charge on any atom is 0.254 e. The van der Waals surface area contributed by atoms with E-state index in [9.17, 15) is 4.79 Å². The van der Waals surface area contributed by atoms with Gasteiger partial charge < -0.3 is 10.2 Å². The molecule has 0 fully saturated rings. The van der Waals surface area contributed by atoms with Crippen molar-refractivity contribution in [3.8, 4) is 0 Å². The Labute approximate surface area is 128 Å². The van der Waals surface area contributed by atoms with Crippen molar-refractivity contribution in [1.29, 1.82) is 0 Å². The molecule has 1 N–H and O–H groups in total. The molecule has 0 unspecified atom stereocenters. The minimum atomic E-state index is 0.100. The van der Waals surface area contributed by atoms with Gasteiger partial charge in [0.15, 0.2) is 0 Å². The summed E-state index contributed by atoms with van der Waals surface area (Å²) < 4.78 is 0. The smallest absolute Gasteiger partial charge is 0.254 e. The number of anilines is 1. The normalized spacial score (nSPS) is 14.7. The largest absolute Gasteiger partial charge is 0.360 e. The Morgan fingerprint density at radius 1 is 1.33 bits per heavy atom. The first-order chi connectivity index (χ1) is 10.3. The molecule has 0 saturated carbocycles. The van der Waals surface area contributed by atoms with Gasteiger partial charge >= 0.3 is 0 Å². The van der Waals surface area contributed by atoms with E-state index in [0.717, 1.165) is 47.2 Å². The van der Waals surface area contributed by atoms with Crippen molar-refractivity contribution in [3.05, 3.63) is 40.4 Å². The summed E-state index contributed by atoms with van der Waals surface area (Å²) in [6.07, 6.45) is 1.94. The Hall–Kier alpha value is -1.95. The lowest BCUT2D eigenvalue weighted by atomic mass is 10.0. The summed E-state index contributed by atoms with van der Waals surface area (Å²) in [4.78, 5) is 14.5. The molecule has 1 aromatic carbocycles. The summed E-state index contributed by atoms with van der Waals surface area (Å²) in [6, 6.07) is 7.88. The fourth-order valence-electron chi connectivity index (χ4n) is 2.53. The summed E-state index contributed by atoms with van der Waals surface area (Å²) in [5.74, 6) is 0.100. The lowest BCUT2D eigenvalue weighted by molar-refractivity contribution is 0.0748. The van der Waals surface area contributed by atoms with Crippen LogP contribution in [0, 0.1) is 0 Å². The molecule has 5 nitrogen and oxygen atoms in total. The van der Waals surface area contributed by atoms with E-state index in [1.807, 2.05) is 36.1 Å². The Kier molecular flexibility index (Phi) is 4.15. The molecule has 0 atom stereocenters. The van der Waals surface area contributed by atoms with E-state index >= 15 is 0 Å². The van der Waals surface area contributed by atoms with Crippen LogP contribution in [0.5, 0.6) is 0 Å². The number of carbonyl (C=O) groups is 1. The van der Waals surface area contributed by atoms with Crippen molar-refractivity contribution in [2.45, 2.75) is 26.3 Å². The van der Waals surface area contributed by atoms with Gasteiger partial charge in [-0.25, -0.2) is 0 Å². The third kappa shape index (κ3) is 3.05. The minimum Gasteiger partial charge on any atom is -0.360 e. The predicted octanol–water partition coefficient (Wildman–Crippen LogP) is 2.56. The lowest BCUT2D eigenvalue weighted by Gasteiger charge is -2.19. The maximum absolute atomic E-state index is 12.6.